The fourth-order valence-electron chi connectivity index (χ4n) is 2.14. The van der Waals surface area contributed by atoms with Gasteiger partial charge in [-0.2, -0.15) is 4.98 Å². The summed E-state index contributed by atoms with van der Waals surface area (Å²) in [7, 11) is 4.16. The Morgan fingerprint density at radius 3 is 2.65 bits per heavy atom. The highest BCUT2D eigenvalue weighted by Gasteiger charge is 2.23. The van der Waals surface area contributed by atoms with Crippen LogP contribution in [0.5, 0.6) is 0 Å². The number of likely N-dealkylation sites (tertiary alicyclic amines) is 1. The number of anilines is 1. The number of aromatic nitrogens is 2. The van der Waals surface area contributed by atoms with Crippen LogP contribution in [0, 0.1) is 0 Å². The topological polar surface area (TPSA) is 32.3 Å². The van der Waals surface area contributed by atoms with Crippen LogP contribution in [0.2, 0.25) is 10.3 Å². The zero-order chi connectivity index (χ0) is 12.4. The molecule has 1 aromatic heterocycles. The molecule has 0 aromatic carbocycles. The maximum atomic E-state index is 6.10. The van der Waals surface area contributed by atoms with Crippen LogP contribution in [0.3, 0.4) is 0 Å². The summed E-state index contributed by atoms with van der Waals surface area (Å²) in [6, 6.07) is 0.467. The van der Waals surface area contributed by atoms with Crippen molar-refractivity contribution in [3.8, 4) is 0 Å². The largest absolute Gasteiger partial charge is 0.355 e. The number of hydrogen-bond acceptors (Lipinski definition) is 4. The number of halogens is 2. The molecule has 1 fully saturated rings. The van der Waals surface area contributed by atoms with Gasteiger partial charge in [0.05, 0.1) is 6.20 Å². The van der Waals surface area contributed by atoms with Crippen molar-refractivity contribution in [2.75, 3.05) is 32.1 Å². The maximum Gasteiger partial charge on any atom is 0.224 e. The Hall–Kier alpha value is -0.580. The lowest BCUT2D eigenvalue weighted by Gasteiger charge is -2.35. The van der Waals surface area contributed by atoms with Crippen molar-refractivity contribution in [1.29, 1.82) is 0 Å². The second kappa shape index (κ2) is 5.38. The van der Waals surface area contributed by atoms with E-state index in [2.05, 4.69) is 26.8 Å². The molecule has 1 saturated heterocycles. The Labute approximate surface area is 112 Å². The maximum absolute atomic E-state index is 6.10. The lowest BCUT2D eigenvalue weighted by molar-refractivity contribution is 0.252. The Bertz CT molecular complexity index is 391. The molecule has 1 aromatic rings. The zero-order valence-electron chi connectivity index (χ0n) is 10.0. The highest BCUT2D eigenvalue weighted by molar-refractivity contribution is 6.33. The minimum absolute atomic E-state index is 0.240. The van der Waals surface area contributed by atoms with E-state index in [1.165, 1.54) is 0 Å². The first-order chi connectivity index (χ1) is 8.08. The zero-order valence-corrected chi connectivity index (χ0v) is 11.5. The Kier molecular flexibility index (Phi) is 4.07. The fraction of sp³-hybridized carbons (Fsp3) is 0.636. The molecule has 0 spiro atoms. The highest BCUT2D eigenvalue weighted by Crippen LogP contribution is 2.27. The summed E-state index contributed by atoms with van der Waals surface area (Å²) in [5.74, 6) is 0.723. The second-order valence-corrected chi connectivity index (χ2v) is 5.20. The first-order valence-electron chi connectivity index (χ1n) is 5.67. The van der Waals surface area contributed by atoms with Crippen LogP contribution in [-0.4, -0.2) is 48.1 Å². The third-order valence-corrected chi connectivity index (χ3v) is 3.71. The van der Waals surface area contributed by atoms with Crippen LogP contribution in [0.4, 0.5) is 5.82 Å². The minimum Gasteiger partial charge on any atom is -0.355 e. The average Bonchev–Trinajstić information content (AvgIpc) is 2.32. The monoisotopic (exact) mass is 274 g/mol. The molecule has 94 valence electrons. The first kappa shape index (κ1) is 12.9. The van der Waals surface area contributed by atoms with Gasteiger partial charge in [-0.1, -0.05) is 11.6 Å². The first-order valence-corrected chi connectivity index (χ1v) is 6.43. The predicted octanol–water partition coefficient (Wildman–Crippen LogP) is 2.31. The van der Waals surface area contributed by atoms with E-state index in [-0.39, 0.29) is 5.28 Å². The van der Waals surface area contributed by atoms with Gasteiger partial charge in [0, 0.05) is 13.1 Å². The van der Waals surface area contributed by atoms with Gasteiger partial charge in [-0.15, -0.1) is 0 Å². The van der Waals surface area contributed by atoms with Crippen LogP contribution in [-0.2, 0) is 0 Å². The summed E-state index contributed by atoms with van der Waals surface area (Å²) in [5.41, 5.74) is 0. The normalized spacial score (nSPS) is 18.4. The van der Waals surface area contributed by atoms with Crippen molar-refractivity contribution < 1.29 is 0 Å². The van der Waals surface area contributed by atoms with Gasteiger partial charge in [-0.05, 0) is 44.6 Å². The molecule has 0 radical (unpaired) electrons. The van der Waals surface area contributed by atoms with Crippen LogP contribution in [0.15, 0.2) is 6.20 Å². The van der Waals surface area contributed by atoms with Gasteiger partial charge in [0.1, 0.15) is 5.02 Å². The highest BCUT2D eigenvalue weighted by atomic mass is 35.5. The third kappa shape index (κ3) is 3.00. The smallest absolute Gasteiger partial charge is 0.224 e. The molecule has 0 aliphatic carbocycles. The SMILES string of the molecule is CN1CCC(N(C)c2nc(Cl)ncc2Cl)CC1. The van der Waals surface area contributed by atoms with Gasteiger partial charge in [-0.3, -0.25) is 0 Å². The van der Waals surface area contributed by atoms with Gasteiger partial charge >= 0.3 is 0 Å². The molecular formula is C11H16Cl2N4. The van der Waals surface area contributed by atoms with Crippen LogP contribution in [0.1, 0.15) is 12.8 Å². The van der Waals surface area contributed by atoms with E-state index < -0.39 is 0 Å². The van der Waals surface area contributed by atoms with Gasteiger partial charge in [0.15, 0.2) is 5.82 Å². The number of piperidine rings is 1. The molecule has 0 unspecified atom stereocenters. The summed E-state index contributed by atoms with van der Waals surface area (Å²) in [6.07, 6.45) is 3.79. The lowest BCUT2D eigenvalue weighted by atomic mass is 10.0. The van der Waals surface area contributed by atoms with E-state index in [1.54, 1.807) is 6.20 Å². The fourth-order valence-corrected chi connectivity index (χ4v) is 2.49. The van der Waals surface area contributed by atoms with E-state index in [0.717, 1.165) is 31.7 Å². The molecule has 0 amide bonds. The van der Waals surface area contributed by atoms with Crippen molar-refractivity contribution >= 4 is 29.0 Å². The average molecular weight is 275 g/mol. The standard InChI is InChI=1S/C11H16Cl2N4/c1-16-5-3-8(4-6-16)17(2)10-9(12)7-14-11(13)15-10/h7-8H,3-6H2,1-2H3. The predicted molar refractivity (Wildman–Crippen MR) is 71.0 cm³/mol. The molecule has 1 aliphatic rings. The van der Waals surface area contributed by atoms with Crippen molar-refractivity contribution in [3.63, 3.8) is 0 Å². The molecule has 4 nitrogen and oxygen atoms in total. The number of rotatable bonds is 2. The molecular weight excluding hydrogens is 259 g/mol. The van der Waals surface area contributed by atoms with Crippen molar-refractivity contribution in [3.05, 3.63) is 16.5 Å². The molecule has 0 atom stereocenters. The van der Waals surface area contributed by atoms with Crippen LogP contribution in [0.25, 0.3) is 0 Å². The Morgan fingerprint density at radius 1 is 1.35 bits per heavy atom. The van der Waals surface area contributed by atoms with Crippen LogP contribution >= 0.6 is 23.2 Å². The van der Waals surface area contributed by atoms with Gasteiger partial charge in [0.25, 0.3) is 0 Å². The molecule has 1 aliphatic heterocycles. The van der Waals surface area contributed by atoms with Crippen LogP contribution < -0.4 is 4.90 Å². The molecule has 17 heavy (non-hydrogen) atoms. The lowest BCUT2D eigenvalue weighted by Crippen LogP contribution is -2.42. The van der Waals surface area contributed by atoms with E-state index in [0.29, 0.717) is 11.1 Å². The van der Waals surface area contributed by atoms with E-state index in [4.69, 9.17) is 23.2 Å². The van der Waals surface area contributed by atoms with Crippen molar-refractivity contribution in [1.82, 2.24) is 14.9 Å². The Morgan fingerprint density at radius 2 is 2.00 bits per heavy atom. The minimum atomic E-state index is 0.240. The summed E-state index contributed by atoms with van der Waals surface area (Å²) >= 11 is 11.9. The quantitative estimate of drug-likeness (QED) is 0.775. The molecule has 2 rings (SSSR count). The summed E-state index contributed by atoms with van der Waals surface area (Å²) in [6.45, 7) is 2.21. The summed E-state index contributed by atoms with van der Waals surface area (Å²) in [4.78, 5) is 12.5. The summed E-state index contributed by atoms with van der Waals surface area (Å²) < 4.78 is 0. The molecule has 0 N–H and O–H groups in total. The van der Waals surface area contributed by atoms with E-state index in [1.807, 2.05) is 7.05 Å². The van der Waals surface area contributed by atoms with Gasteiger partial charge in [0.2, 0.25) is 5.28 Å². The molecule has 6 heteroatoms. The van der Waals surface area contributed by atoms with Crippen molar-refractivity contribution in [2.24, 2.45) is 0 Å². The van der Waals surface area contributed by atoms with E-state index >= 15 is 0 Å². The number of nitrogens with zero attached hydrogens (tertiary/aromatic N) is 4. The number of hydrogen-bond donors (Lipinski definition) is 0. The Balaban J connectivity index is 2.13. The molecule has 2 heterocycles. The third-order valence-electron chi connectivity index (χ3n) is 3.27. The van der Waals surface area contributed by atoms with E-state index in [9.17, 15) is 0 Å². The van der Waals surface area contributed by atoms with Crippen molar-refractivity contribution in [2.45, 2.75) is 18.9 Å². The van der Waals surface area contributed by atoms with Gasteiger partial charge in [-0.25, -0.2) is 4.98 Å². The molecule has 0 bridgehead atoms. The second-order valence-electron chi connectivity index (χ2n) is 4.46. The summed E-state index contributed by atoms with van der Waals surface area (Å²) in [5, 5.41) is 0.792. The molecule has 0 saturated carbocycles. The van der Waals surface area contributed by atoms with Gasteiger partial charge < -0.3 is 9.80 Å².